The van der Waals surface area contributed by atoms with Gasteiger partial charge in [-0.05, 0) is 36.3 Å². The smallest absolute Gasteiger partial charge is 0.254 e. The third kappa shape index (κ3) is 2.75. The lowest BCUT2D eigenvalue weighted by atomic mass is 9.58. The molecule has 6 heteroatoms. The van der Waals surface area contributed by atoms with Crippen molar-refractivity contribution in [2.45, 2.75) is 37.7 Å². The van der Waals surface area contributed by atoms with Gasteiger partial charge in [0.1, 0.15) is 11.9 Å². The minimum atomic E-state index is -0.889. The molecule has 3 unspecified atom stereocenters. The molecule has 1 aliphatic heterocycles. The predicted octanol–water partition coefficient (Wildman–Crippen LogP) is 1.76. The predicted molar refractivity (Wildman–Crippen MR) is 104 cm³/mol. The number of benzene rings is 1. The van der Waals surface area contributed by atoms with E-state index in [4.69, 9.17) is 10.5 Å². The lowest BCUT2D eigenvalue weighted by Gasteiger charge is -2.44. The normalized spacial score (nSPS) is 29.4. The Morgan fingerprint density at radius 2 is 2.00 bits per heavy atom. The zero-order chi connectivity index (χ0) is 19.9. The minimum absolute atomic E-state index is 0.128. The molecule has 0 spiro atoms. The van der Waals surface area contributed by atoms with E-state index in [1.54, 1.807) is 13.1 Å². The molecule has 1 saturated carbocycles. The second-order valence-electron chi connectivity index (χ2n) is 7.93. The number of ether oxygens (including phenoxy) is 1. The molecule has 0 bridgehead atoms. The van der Waals surface area contributed by atoms with Crippen LogP contribution in [-0.2, 0) is 14.3 Å². The van der Waals surface area contributed by atoms with E-state index in [9.17, 15) is 14.7 Å². The Morgan fingerprint density at radius 1 is 1.29 bits per heavy atom. The molecular weight excluding hydrogens is 356 g/mol. The van der Waals surface area contributed by atoms with Crippen LogP contribution in [0.5, 0.6) is 0 Å². The summed E-state index contributed by atoms with van der Waals surface area (Å²) in [6, 6.07) is 9.78. The second-order valence-corrected chi connectivity index (χ2v) is 7.93. The van der Waals surface area contributed by atoms with Gasteiger partial charge in [-0.2, -0.15) is 0 Å². The molecule has 4 rings (SSSR count). The average Bonchev–Trinajstić information content (AvgIpc) is 3.04. The Hall–Kier alpha value is -2.60. The van der Waals surface area contributed by atoms with Gasteiger partial charge in [-0.1, -0.05) is 42.8 Å². The van der Waals surface area contributed by atoms with Crippen LogP contribution in [0.1, 0.15) is 37.2 Å². The fraction of sp³-hybridized carbons (Fsp3) is 0.455. The summed E-state index contributed by atoms with van der Waals surface area (Å²) >= 11 is 0. The van der Waals surface area contributed by atoms with Crippen LogP contribution in [-0.4, -0.2) is 36.7 Å². The molecule has 3 aliphatic rings. The topological polar surface area (TPSA) is 102 Å². The Labute approximate surface area is 164 Å². The van der Waals surface area contributed by atoms with Crippen molar-refractivity contribution in [2.24, 2.45) is 17.1 Å². The van der Waals surface area contributed by atoms with Crippen LogP contribution >= 0.6 is 0 Å². The monoisotopic (exact) mass is 382 g/mol. The number of aliphatic hydroxyl groups is 1. The van der Waals surface area contributed by atoms with Crippen molar-refractivity contribution in [1.82, 2.24) is 5.32 Å². The van der Waals surface area contributed by atoms with E-state index in [1.165, 1.54) is 0 Å². The Balaban J connectivity index is 1.86. The average molecular weight is 382 g/mol. The molecule has 0 saturated heterocycles. The fourth-order valence-electron chi connectivity index (χ4n) is 4.84. The number of hydrogen-bond acceptors (Lipinski definition) is 4. The molecule has 4 N–H and O–H groups in total. The number of rotatable bonds is 5. The van der Waals surface area contributed by atoms with Crippen molar-refractivity contribution < 1.29 is 19.4 Å². The first-order valence-corrected chi connectivity index (χ1v) is 9.82. The van der Waals surface area contributed by atoms with Crippen LogP contribution in [0.2, 0.25) is 0 Å². The van der Waals surface area contributed by atoms with Crippen LogP contribution in [0, 0.1) is 11.3 Å². The molecule has 2 aliphatic carbocycles. The molecule has 1 heterocycles. The lowest BCUT2D eigenvalue weighted by molar-refractivity contribution is -0.129. The molecule has 148 valence electrons. The number of nitrogens with two attached hydrogens (primary N) is 1. The van der Waals surface area contributed by atoms with Gasteiger partial charge in [0.15, 0.2) is 0 Å². The first kappa shape index (κ1) is 18.7. The van der Waals surface area contributed by atoms with Gasteiger partial charge in [0, 0.05) is 13.0 Å². The zero-order valence-corrected chi connectivity index (χ0v) is 16.0. The molecule has 1 fully saturated rings. The van der Waals surface area contributed by atoms with Gasteiger partial charge < -0.3 is 20.9 Å². The van der Waals surface area contributed by atoms with E-state index in [0.717, 1.165) is 30.4 Å². The summed E-state index contributed by atoms with van der Waals surface area (Å²) in [4.78, 5) is 25.4. The molecule has 1 aromatic carbocycles. The van der Waals surface area contributed by atoms with Crippen LogP contribution in [0.15, 0.2) is 53.3 Å². The highest BCUT2D eigenvalue weighted by Crippen LogP contribution is 2.56. The number of carbonyl (C=O) groups excluding carboxylic acids is 2. The standard InChI is InChI=1S/C22H26N2O4/c1-24-20(26)16-11-22(21(23)27,14-8-5-9-14)10-15-18(13-6-3-2-4-7-13)17(12-25)28-19(15)16/h2-4,6-7,11,14,17-18,25H,5,8-10,12H2,1H3,(H2,23,27)(H,24,26). The maximum atomic E-state index is 12.7. The van der Waals surface area contributed by atoms with Crippen LogP contribution < -0.4 is 11.1 Å². The Kier molecular flexibility index (Phi) is 4.75. The van der Waals surface area contributed by atoms with Gasteiger partial charge >= 0.3 is 0 Å². The van der Waals surface area contributed by atoms with E-state index < -0.39 is 17.4 Å². The molecule has 6 nitrogen and oxygen atoms in total. The number of aliphatic hydroxyl groups excluding tert-OH is 1. The second kappa shape index (κ2) is 7.09. The van der Waals surface area contributed by atoms with E-state index in [1.807, 2.05) is 30.3 Å². The summed E-state index contributed by atoms with van der Waals surface area (Å²) in [5, 5.41) is 12.6. The number of hydrogen-bond donors (Lipinski definition) is 3. The van der Waals surface area contributed by atoms with Crippen LogP contribution in [0.3, 0.4) is 0 Å². The van der Waals surface area contributed by atoms with Gasteiger partial charge in [0.25, 0.3) is 5.91 Å². The highest BCUT2D eigenvalue weighted by Gasteiger charge is 2.53. The summed E-state index contributed by atoms with van der Waals surface area (Å²) < 4.78 is 6.07. The molecule has 2 amide bonds. The van der Waals surface area contributed by atoms with E-state index in [0.29, 0.717) is 17.8 Å². The Morgan fingerprint density at radius 3 is 2.54 bits per heavy atom. The molecular formula is C22H26N2O4. The number of nitrogens with one attached hydrogen (secondary N) is 1. The first-order chi connectivity index (χ1) is 13.5. The van der Waals surface area contributed by atoms with Crippen molar-refractivity contribution in [2.75, 3.05) is 13.7 Å². The van der Waals surface area contributed by atoms with Gasteiger partial charge in [0.05, 0.1) is 17.6 Å². The molecule has 3 atom stereocenters. The number of primary amides is 1. The maximum Gasteiger partial charge on any atom is 0.254 e. The molecule has 1 aromatic rings. The Bertz CT molecular complexity index is 857. The van der Waals surface area contributed by atoms with Gasteiger partial charge in [0.2, 0.25) is 5.91 Å². The zero-order valence-electron chi connectivity index (χ0n) is 16.0. The van der Waals surface area contributed by atoms with Gasteiger partial charge in [-0.15, -0.1) is 0 Å². The van der Waals surface area contributed by atoms with E-state index in [-0.39, 0.29) is 24.3 Å². The van der Waals surface area contributed by atoms with Gasteiger partial charge in [-0.25, -0.2) is 0 Å². The van der Waals surface area contributed by atoms with E-state index in [2.05, 4.69) is 5.32 Å². The maximum absolute atomic E-state index is 12.7. The number of carbonyl (C=O) groups is 2. The van der Waals surface area contributed by atoms with Crippen LogP contribution in [0.4, 0.5) is 0 Å². The lowest BCUT2D eigenvalue weighted by Crippen LogP contribution is -2.47. The van der Waals surface area contributed by atoms with E-state index >= 15 is 0 Å². The van der Waals surface area contributed by atoms with Crippen LogP contribution in [0.25, 0.3) is 0 Å². The molecule has 0 aromatic heterocycles. The molecule has 28 heavy (non-hydrogen) atoms. The summed E-state index contributed by atoms with van der Waals surface area (Å²) in [7, 11) is 1.56. The summed E-state index contributed by atoms with van der Waals surface area (Å²) in [6.45, 7) is -0.180. The van der Waals surface area contributed by atoms with Crippen molar-refractivity contribution in [3.05, 3.63) is 58.9 Å². The summed E-state index contributed by atoms with van der Waals surface area (Å²) in [6.07, 6.45) is 4.57. The molecule has 0 radical (unpaired) electrons. The third-order valence-corrected chi connectivity index (χ3v) is 6.54. The van der Waals surface area contributed by atoms with Crippen molar-refractivity contribution in [3.63, 3.8) is 0 Å². The highest BCUT2D eigenvalue weighted by atomic mass is 16.5. The fourth-order valence-corrected chi connectivity index (χ4v) is 4.84. The van der Waals surface area contributed by atoms with Crippen molar-refractivity contribution in [3.8, 4) is 0 Å². The summed E-state index contributed by atoms with van der Waals surface area (Å²) in [5.41, 5.74) is 7.27. The van der Waals surface area contributed by atoms with Gasteiger partial charge in [-0.3, -0.25) is 9.59 Å². The minimum Gasteiger partial charge on any atom is -0.486 e. The first-order valence-electron chi connectivity index (χ1n) is 9.82. The number of amides is 2. The van der Waals surface area contributed by atoms with Crippen molar-refractivity contribution in [1.29, 1.82) is 0 Å². The summed E-state index contributed by atoms with van der Waals surface area (Å²) in [5.74, 6) is -0.299. The SMILES string of the molecule is CNC(=O)C1=CC(C(N)=O)(C2CCC2)CC2=C1OC(CO)C2c1ccccc1. The van der Waals surface area contributed by atoms with Crippen molar-refractivity contribution >= 4 is 11.8 Å². The largest absolute Gasteiger partial charge is 0.486 e. The third-order valence-electron chi connectivity index (χ3n) is 6.54. The number of likely N-dealkylation sites (N-methyl/N-ethyl adjacent to an activating group) is 1. The highest BCUT2D eigenvalue weighted by molar-refractivity contribution is 6.00. The quantitative estimate of drug-likeness (QED) is 0.722.